The maximum absolute atomic E-state index is 12.9. The number of ether oxygens (including phenoxy) is 1. The van der Waals surface area contributed by atoms with Gasteiger partial charge in [-0.2, -0.15) is 4.98 Å². The minimum atomic E-state index is -0.193. The van der Waals surface area contributed by atoms with Crippen LogP contribution in [0.4, 0.5) is 0 Å². The number of methoxy groups -OCH3 is 1. The van der Waals surface area contributed by atoms with Crippen LogP contribution in [0.2, 0.25) is 0 Å². The van der Waals surface area contributed by atoms with Crippen molar-refractivity contribution in [3.05, 3.63) is 78.7 Å². The summed E-state index contributed by atoms with van der Waals surface area (Å²) < 4.78 is 10.6. The summed E-state index contributed by atoms with van der Waals surface area (Å²) in [6, 6.07) is 16.6. The molecule has 1 amide bonds. The second-order valence-electron chi connectivity index (χ2n) is 5.55. The largest absolute Gasteiger partial charge is 0.496 e. The lowest BCUT2D eigenvalue weighted by atomic mass is 10.1. The normalized spacial score (nSPS) is 10.3. The monoisotopic (exact) mass is 349 g/mol. The van der Waals surface area contributed by atoms with Gasteiger partial charge in [0.15, 0.2) is 0 Å². The molecule has 0 atom stereocenters. The van der Waals surface area contributed by atoms with Crippen LogP contribution in [-0.2, 0) is 6.54 Å². The van der Waals surface area contributed by atoms with Gasteiger partial charge in [0, 0.05) is 12.1 Å². The van der Waals surface area contributed by atoms with Gasteiger partial charge in [-0.3, -0.25) is 4.79 Å². The highest BCUT2D eigenvalue weighted by atomic mass is 16.5. The molecule has 26 heavy (non-hydrogen) atoms. The van der Waals surface area contributed by atoms with E-state index in [2.05, 4.69) is 16.7 Å². The van der Waals surface area contributed by atoms with Gasteiger partial charge in [-0.15, -0.1) is 6.58 Å². The van der Waals surface area contributed by atoms with Crippen molar-refractivity contribution in [3.63, 3.8) is 0 Å². The standard InChI is InChI=1S/C20H19N3O3/c1-3-13-23(20(24)16-11-7-8-12-17(16)25-2)14-18-21-19(22-26-18)15-9-5-4-6-10-15/h3-12H,1,13-14H2,2H3. The molecule has 0 unspecified atom stereocenters. The molecule has 0 radical (unpaired) electrons. The third-order valence-corrected chi connectivity index (χ3v) is 3.80. The van der Waals surface area contributed by atoms with Gasteiger partial charge in [0.2, 0.25) is 11.7 Å². The molecule has 0 saturated carbocycles. The van der Waals surface area contributed by atoms with Crippen molar-refractivity contribution < 1.29 is 14.1 Å². The Bertz CT molecular complexity index is 890. The van der Waals surface area contributed by atoms with E-state index < -0.39 is 0 Å². The third-order valence-electron chi connectivity index (χ3n) is 3.80. The number of nitrogens with zero attached hydrogens (tertiary/aromatic N) is 3. The Balaban J connectivity index is 1.82. The predicted octanol–water partition coefficient (Wildman–Crippen LogP) is 3.57. The minimum Gasteiger partial charge on any atom is -0.496 e. The van der Waals surface area contributed by atoms with Crippen LogP contribution < -0.4 is 4.74 Å². The van der Waals surface area contributed by atoms with E-state index >= 15 is 0 Å². The first-order valence-corrected chi connectivity index (χ1v) is 8.14. The molecule has 0 fully saturated rings. The lowest BCUT2D eigenvalue weighted by Crippen LogP contribution is -2.31. The number of para-hydroxylation sites is 1. The molecular weight excluding hydrogens is 330 g/mol. The maximum Gasteiger partial charge on any atom is 0.258 e. The number of hydrogen-bond acceptors (Lipinski definition) is 5. The highest BCUT2D eigenvalue weighted by Gasteiger charge is 2.21. The molecule has 0 spiro atoms. The number of benzene rings is 2. The highest BCUT2D eigenvalue weighted by molar-refractivity contribution is 5.97. The summed E-state index contributed by atoms with van der Waals surface area (Å²) in [4.78, 5) is 18.9. The molecule has 3 aromatic rings. The van der Waals surface area contributed by atoms with E-state index in [-0.39, 0.29) is 12.5 Å². The van der Waals surface area contributed by atoms with Crippen molar-refractivity contribution >= 4 is 5.91 Å². The van der Waals surface area contributed by atoms with Crippen LogP contribution in [0.5, 0.6) is 5.75 Å². The van der Waals surface area contributed by atoms with Crippen LogP contribution in [0.3, 0.4) is 0 Å². The Kier molecular flexibility index (Phi) is 5.43. The molecule has 0 aliphatic carbocycles. The molecule has 6 heteroatoms. The minimum absolute atomic E-state index is 0.183. The predicted molar refractivity (Wildman–Crippen MR) is 97.7 cm³/mol. The summed E-state index contributed by atoms with van der Waals surface area (Å²) >= 11 is 0. The zero-order chi connectivity index (χ0) is 18.4. The molecule has 0 N–H and O–H groups in total. The summed E-state index contributed by atoms with van der Waals surface area (Å²) in [5, 5.41) is 3.99. The summed E-state index contributed by atoms with van der Waals surface area (Å²) in [7, 11) is 1.54. The molecule has 1 heterocycles. The molecule has 0 saturated heterocycles. The third kappa shape index (κ3) is 3.80. The van der Waals surface area contributed by atoms with Crippen LogP contribution in [0, 0.1) is 0 Å². The number of amides is 1. The Labute approximate surface area is 151 Å². The second-order valence-corrected chi connectivity index (χ2v) is 5.55. The van der Waals surface area contributed by atoms with Gasteiger partial charge >= 0.3 is 0 Å². The van der Waals surface area contributed by atoms with Crippen molar-refractivity contribution in [3.8, 4) is 17.1 Å². The Morgan fingerprint density at radius 1 is 1.19 bits per heavy atom. The SMILES string of the molecule is C=CCN(Cc1nc(-c2ccccc2)no1)C(=O)c1ccccc1OC. The Morgan fingerprint density at radius 3 is 2.65 bits per heavy atom. The van der Waals surface area contributed by atoms with Crippen molar-refractivity contribution in [2.75, 3.05) is 13.7 Å². The van der Waals surface area contributed by atoms with E-state index in [1.54, 1.807) is 29.2 Å². The van der Waals surface area contributed by atoms with Crippen LogP contribution >= 0.6 is 0 Å². The lowest BCUT2D eigenvalue weighted by Gasteiger charge is -2.20. The molecular formula is C20H19N3O3. The van der Waals surface area contributed by atoms with Crippen LogP contribution in [0.15, 0.2) is 71.8 Å². The zero-order valence-electron chi connectivity index (χ0n) is 14.5. The number of hydrogen-bond donors (Lipinski definition) is 0. The zero-order valence-corrected chi connectivity index (χ0v) is 14.5. The summed E-state index contributed by atoms with van der Waals surface area (Å²) in [5.41, 5.74) is 1.33. The van der Waals surface area contributed by atoms with Gasteiger partial charge in [-0.05, 0) is 12.1 Å². The fraction of sp³-hybridized carbons (Fsp3) is 0.150. The first-order valence-electron chi connectivity index (χ1n) is 8.14. The van der Waals surface area contributed by atoms with Crippen LogP contribution in [0.1, 0.15) is 16.2 Å². The lowest BCUT2D eigenvalue weighted by molar-refractivity contribution is 0.0742. The molecule has 132 valence electrons. The number of carbonyl (C=O) groups is 1. The summed E-state index contributed by atoms with van der Waals surface area (Å²) in [5.74, 6) is 1.17. The highest BCUT2D eigenvalue weighted by Crippen LogP contribution is 2.21. The fourth-order valence-electron chi connectivity index (χ4n) is 2.55. The summed E-state index contributed by atoms with van der Waals surface area (Å²) in [6.07, 6.45) is 1.65. The topological polar surface area (TPSA) is 68.5 Å². The van der Waals surface area contributed by atoms with E-state index in [0.29, 0.717) is 29.6 Å². The molecule has 2 aromatic carbocycles. The van der Waals surface area contributed by atoms with Gasteiger partial charge in [-0.1, -0.05) is 53.7 Å². The van der Waals surface area contributed by atoms with E-state index in [1.165, 1.54) is 7.11 Å². The quantitative estimate of drug-likeness (QED) is 0.610. The van der Waals surface area contributed by atoms with Gasteiger partial charge < -0.3 is 14.2 Å². The summed E-state index contributed by atoms with van der Waals surface area (Å²) in [6.45, 7) is 4.25. The second kappa shape index (κ2) is 8.11. The van der Waals surface area contributed by atoms with Crippen molar-refractivity contribution in [2.24, 2.45) is 0 Å². The average molecular weight is 349 g/mol. The Morgan fingerprint density at radius 2 is 1.92 bits per heavy atom. The van der Waals surface area contributed by atoms with Gasteiger partial charge in [0.05, 0.1) is 12.7 Å². The Hall–Kier alpha value is -3.41. The number of carbonyl (C=O) groups excluding carboxylic acids is 1. The maximum atomic E-state index is 12.9. The number of rotatable bonds is 7. The van der Waals surface area contributed by atoms with Crippen molar-refractivity contribution in [1.82, 2.24) is 15.0 Å². The average Bonchev–Trinajstić information content (AvgIpc) is 3.16. The van der Waals surface area contributed by atoms with Gasteiger partial charge in [0.1, 0.15) is 12.3 Å². The van der Waals surface area contributed by atoms with Gasteiger partial charge in [-0.25, -0.2) is 0 Å². The fourth-order valence-corrected chi connectivity index (χ4v) is 2.55. The molecule has 6 nitrogen and oxygen atoms in total. The van der Waals surface area contributed by atoms with E-state index in [9.17, 15) is 4.79 Å². The first kappa shape index (κ1) is 17.4. The smallest absolute Gasteiger partial charge is 0.258 e. The van der Waals surface area contributed by atoms with Crippen molar-refractivity contribution in [2.45, 2.75) is 6.54 Å². The van der Waals surface area contributed by atoms with Crippen LogP contribution in [-0.4, -0.2) is 34.6 Å². The van der Waals surface area contributed by atoms with Gasteiger partial charge in [0.25, 0.3) is 5.91 Å². The van der Waals surface area contributed by atoms with Crippen LogP contribution in [0.25, 0.3) is 11.4 Å². The van der Waals surface area contributed by atoms with E-state index in [0.717, 1.165) is 5.56 Å². The van der Waals surface area contributed by atoms with Crippen molar-refractivity contribution in [1.29, 1.82) is 0 Å². The van der Waals surface area contributed by atoms with E-state index in [1.807, 2.05) is 36.4 Å². The van der Waals surface area contributed by atoms with E-state index in [4.69, 9.17) is 9.26 Å². The molecule has 0 aliphatic rings. The molecule has 3 rings (SSSR count). The number of aromatic nitrogens is 2. The molecule has 0 aliphatic heterocycles. The first-order chi connectivity index (χ1) is 12.7. The molecule has 0 bridgehead atoms. The molecule has 1 aromatic heterocycles.